The molecule has 0 saturated heterocycles. The van der Waals surface area contributed by atoms with Crippen LogP contribution in [-0.4, -0.2) is 23.2 Å². The molecule has 4 nitrogen and oxygen atoms in total. The van der Waals surface area contributed by atoms with Gasteiger partial charge in [0.1, 0.15) is 5.76 Å². The van der Waals surface area contributed by atoms with Gasteiger partial charge in [-0.3, -0.25) is 4.79 Å². The van der Waals surface area contributed by atoms with E-state index in [1.54, 1.807) is 6.07 Å². The highest BCUT2D eigenvalue weighted by Gasteiger charge is 2.28. The number of carbonyl (C=O) groups is 1. The van der Waals surface area contributed by atoms with Gasteiger partial charge >= 0.3 is 0 Å². The zero-order valence-electron chi connectivity index (χ0n) is 11.6. The Hall–Kier alpha value is -1.29. The quantitative estimate of drug-likeness (QED) is 0.823. The monoisotopic (exact) mass is 265 g/mol. The third-order valence-electron chi connectivity index (χ3n) is 3.85. The van der Waals surface area contributed by atoms with Crippen LogP contribution >= 0.6 is 0 Å². The lowest BCUT2D eigenvalue weighted by molar-refractivity contribution is 0.0243. The Morgan fingerprint density at radius 2 is 2.00 bits per heavy atom. The van der Waals surface area contributed by atoms with E-state index in [1.165, 1.54) is 12.8 Å². The second kappa shape index (κ2) is 6.24. The summed E-state index contributed by atoms with van der Waals surface area (Å²) < 4.78 is 5.40. The van der Waals surface area contributed by atoms with E-state index in [-0.39, 0.29) is 5.91 Å². The lowest BCUT2D eigenvalue weighted by Crippen LogP contribution is -2.42. The maximum atomic E-state index is 11.9. The number of hydrogen-bond acceptors (Lipinski definition) is 3. The predicted octanol–water partition coefficient (Wildman–Crippen LogP) is 2.66. The van der Waals surface area contributed by atoms with Crippen LogP contribution in [0.25, 0.3) is 0 Å². The number of furan rings is 1. The molecule has 1 heterocycles. The molecule has 0 atom stereocenters. The summed E-state index contributed by atoms with van der Waals surface area (Å²) in [6.45, 7) is 2.29. The molecular formula is C15H23NO3. The van der Waals surface area contributed by atoms with Crippen LogP contribution in [0.4, 0.5) is 0 Å². The number of nitrogens with one attached hydrogen (secondary N) is 1. The standard InChI is InChI=1S/C15H23NO3/c1-2-12-7-8-13(19-12)14(17)16-11-15(18)9-5-3-4-6-10-15/h7-8,18H,2-6,9-11H2,1H3,(H,16,17). The smallest absolute Gasteiger partial charge is 0.287 e. The van der Waals surface area contributed by atoms with E-state index in [0.29, 0.717) is 12.3 Å². The topological polar surface area (TPSA) is 62.5 Å². The van der Waals surface area contributed by atoms with E-state index in [4.69, 9.17) is 4.42 Å². The first-order valence-corrected chi connectivity index (χ1v) is 7.22. The fraction of sp³-hybridized carbons (Fsp3) is 0.667. The van der Waals surface area contributed by atoms with Gasteiger partial charge in [-0.2, -0.15) is 0 Å². The van der Waals surface area contributed by atoms with Crippen LogP contribution in [-0.2, 0) is 6.42 Å². The number of rotatable bonds is 4. The fourth-order valence-electron chi connectivity index (χ4n) is 2.59. The first-order valence-electron chi connectivity index (χ1n) is 7.22. The number of carbonyl (C=O) groups excluding carboxylic acids is 1. The van der Waals surface area contributed by atoms with Crippen molar-refractivity contribution in [3.63, 3.8) is 0 Å². The zero-order chi connectivity index (χ0) is 13.7. The minimum absolute atomic E-state index is 0.239. The van der Waals surface area contributed by atoms with Gasteiger partial charge in [0.05, 0.1) is 5.60 Å². The summed E-state index contributed by atoms with van der Waals surface area (Å²) in [6, 6.07) is 3.50. The Morgan fingerprint density at radius 1 is 1.32 bits per heavy atom. The van der Waals surface area contributed by atoms with Crippen molar-refractivity contribution >= 4 is 5.91 Å². The highest BCUT2D eigenvalue weighted by atomic mass is 16.3. The number of amides is 1. The van der Waals surface area contributed by atoms with Crippen LogP contribution in [0.3, 0.4) is 0 Å². The molecule has 1 amide bonds. The van der Waals surface area contributed by atoms with Crippen molar-refractivity contribution in [2.24, 2.45) is 0 Å². The van der Waals surface area contributed by atoms with Gasteiger partial charge in [-0.25, -0.2) is 0 Å². The molecule has 1 aromatic heterocycles. The molecule has 0 spiro atoms. The lowest BCUT2D eigenvalue weighted by atomic mass is 9.94. The van der Waals surface area contributed by atoms with Crippen molar-refractivity contribution in [3.8, 4) is 0 Å². The summed E-state index contributed by atoms with van der Waals surface area (Å²) in [4.78, 5) is 11.9. The summed E-state index contributed by atoms with van der Waals surface area (Å²) >= 11 is 0. The van der Waals surface area contributed by atoms with Crippen LogP contribution in [0, 0.1) is 0 Å². The maximum absolute atomic E-state index is 11.9. The summed E-state index contributed by atoms with van der Waals surface area (Å²) in [6.07, 6.45) is 6.73. The second-order valence-electron chi connectivity index (χ2n) is 5.44. The van der Waals surface area contributed by atoms with E-state index in [1.807, 2.05) is 13.0 Å². The molecule has 2 rings (SSSR count). The third kappa shape index (κ3) is 3.83. The van der Waals surface area contributed by atoms with Crippen molar-refractivity contribution in [3.05, 3.63) is 23.7 Å². The van der Waals surface area contributed by atoms with E-state index >= 15 is 0 Å². The molecule has 1 aromatic rings. The van der Waals surface area contributed by atoms with E-state index in [9.17, 15) is 9.90 Å². The van der Waals surface area contributed by atoms with Gasteiger partial charge in [0.25, 0.3) is 5.91 Å². The normalized spacial score (nSPS) is 18.8. The molecule has 1 fully saturated rings. The van der Waals surface area contributed by atoms with Crippen LogP contribution in [0.2, 0.25) is 0 Å². The average molecular weight is 265 g/mol. The van der Waals surface area contributed by atoms with Crippen molar-refractivity contribution < 1.29 is 14.3 Å². The molecule has 0 unspecified atom stereocenters. The van der Waals surface area contributed by atoms with Gasteiger partial charge in [0.15, 0.2) is 5.76 Å². The van der Waals surface area contributed by atoms with E-state index < -0.39 is 5.60 Å². The minimum atomic E-state index is -0.744. The first kappa shape index (κ1) is 14.1. The Labute approximate surface area is 114 Å². The second-order valence-corrected chi connectivity index (χ2v) is 5.44. The lowest BCUT2D eigenvalue weighted by Gasteiger charge is -2.26. The summed E-state index contributed by atoms with van der Waals surface area (Å²) in [5.41, 5.74) is -0.744. The molecule has 2 N–H and O–H groups in total. The number of aliphatic hydroxyl groups is 1. The summed E-state index contributed by atoms with van der Waals surface area (Å²) in [5.74, 6) is 0.893. The first-order chi connectivity index (χ1) is 9.13. The number of hydrogen-bond donors (Lipinski definition) is 2. The third-order valence-corrected chi connectivity index (χ3v) is 3.85. The van der Waals surface area contributed by atoms with Crippen molar-refractivity contribution in [2.75, 3.05) is 6.54 Å². The molecule has 1 aliphatic rings. The van der Waals surface area contributed by atoms with Gasteiger partial charge in [-0.15, -0.1) is 0 Å². The molecule has 0 bridgehead atoms. The SMILES string of the molecule is CCc1ccc(C(=O)NCC2(O)CCCCCC2)o1. The van der Waals surface area contributed by atoms with Crippen LogP contribution < -0.4 is 5.32 Å². The zero-order valence-corrected chi connectivity index (χ0v) is 11.6. The average Bonchev–Trinajstić information content (AvgIpc) is 2.79. The molecule has 1 aliphatic carbocycles. The van der Waals surface area contributed by atoms with Gasteiger partial charge in [0.2, 0.25) is 0 Å². The van der Waals surface area contributed by atoms with Crippen LogP contribution in [0.15, 0.2) is 16.5 Å². The number of aryl methyl sites for hydroxylation is 1. The predicted molar refractivity (Wildman–Crippen MR) is 73.1 cm³/mol. The largest absolute Gasteiger partial charge is 0.456 e. The Balaban J connectivity index is 1.88. The van der Waals surface area contributed by atoms with Gasteiger partial charge in [-0.1, -0.05) is 32.6 Å². The molecule has 106 valence electrons. The molecule has 0 radical (unpaired) electrons. The van der Waals surface area contributed by atoms with Crippen molar-refractivity contribution in [2.45, 2.75) is 57.5 Å². The van der Waals surface area contributed by atoms with Crippen LogP contribution in [0.5, 0.6) is 0 Å². The van der Waals surface area contributed by atoms with Gasteiger partial charge in [-0.05, 0) is 25.0 Å². The highest BCUT2D eigenvalue weighted by Crippen LogP contribution is 2.26. The summed E-state index contributed by atoms with van der Waals surface area (Å²) in [5, 5.41) is 13.2. The van der Waals surface area contributed by atoms with Crippen LogP contribution in [0.1, 0.15) is 61.8 Å². The molecule has 1 saturated carbocycles. The van der Waals surface area contributed by atoms with Crippen molar-refractivity contribution in [1.82, 2.24) is 5.32 Å². The Morgan fingerprint density at radius 3 is 2.58 bits per heavy atom. The molecule has 19 heavy (non-hydrogen) atoms. The summed E-state index contributed by atoms with van der Waals surface area (Å²) in [7, 11) is 0. The van der Waals surface area contributed by atoms with Gasteiger partial charge in [0, 0.05) is 13.0 Å². The minimum Gasteiger partial charge on any atom is -0.456 e. The fourth-order valence-corrected chi connectivity index (χ4v) is 2.59. The molecular weight excluding hydrogens is 242 g/mol. The highest BCUT2D eigenvalue weighted by molar-refractivity contribution is 5.91. The van der Waals surface area contributed by atoms with Gasteiger partial charge < -0.3 is 14.8 Å². The molecule has 4 heteroatoms. The van der Waals surface area contributed by atoms with E-state index in [0.717, 1.165) is 37.9 Å². The maximum Gasteiger partial charge on any atom is 0.287 e. The Bertz CT molecular complexity index is 417. The molecule has 0 aliphatic heterocycles. The molecule has 0 aromatic carbocycles. The Kier molecular flexibility index (Phi) is 4.64. The van der Waals surface area contributed by atoms with Crippen molar-refractivity contribution in [1.29, 1.82) is 0 Å². The van der Waals surface area contributed by atoms with E-state index in [2.05, 4.69) is 5.32 Å².